The van der Waals surface area contributed by atoms with Gasteiger partial charge in [0.1, 0.15) is 6.10 Å². The highest BCUT2D eigenvalue weighted by molar-refractivity contribution is 6.17. The molecule has 0 heterocycles. The van der Waals surface area contributed by atoms with Crippen molar-refractivity contribution in [3.8, 4) is 6.07 Å². The van der Waals surface area contributed by atoms with Crippen LogP contribution in [-0.2, 0) is 5.41 Å². The van der Waals surface area contributed by atoms with Crippen LogP contribution in [-0.4, -0.2) is 22.2 Å². The minimum Gasteiger partial charge on any atom is -0.390 e. The highest BCUT2D eigenvalue weighted by atomic mass is 35.5. The summed E-state index contributed by atoms with van der Waals surface area (Å²) in [5.74, 6) is 0.313. The molecule has 1 saturated carbocycles. The van der Waals surface area contributed by atoms with Crippen molar-refractivity contribution in [2.75, 3.05) is 5.88 Å². The summed E-state index contributed by atoms with van der Waals surface area (Å²) in [6.07, 6.45) is 0.391. The van der Waals surface area contributed by atoms with E-state index in [2.05, 4.69) is 6.07 Å². The van der Waals surface area contributed by atoms with Crippen LogP contribution in [0, 0.1) is 11.3 Å². The summed E-state index contributed by atoms with van der Waals surface area (Å²) in [7, 11) is 0. The lowest BCUT2D eigenvalue weighted by molar-refractivity contribution is 0.0170. The first-order chi connectivity index (χ1) is 8.63. The van der Waals surface area contributed by atoms with Crippen LogP contribution in [0.5, 0.6) is 0 Å². The third-order valence-electron chi connectivity index (χ3n) is 3.54. The molecule has 0 radical (unpaired) electrons. The molecule has 2 N–H and O–H groups in total. The molecule has 0 aliphatic heterocycles. The average Bonchev–Trinajstić information content (AvgIpc) is 3.19. The fourth-order valence-corrected chi connectivity index (χ4v) is 2.30. The Kier molecular flexibility index (Phi) is 3.91. The molecule has 2 unspecified atom stereocenters. The van der Waals surface area contributed by atoms with E-state index in [1.807, 2.05) is 12.1 Å². The molecule has 1 aliphatic rings. The number of hydrogen-bond acceptors (Lipinski definition) is 3. The van der Waals surface area contributed by atoms with E-state index >= 15 is 0 Å². The lowest BCUT2D eigenvalue weighted by Crippen LogP contribution is -2.18. The lowest BCUT2D eigenvalue weighted by Gasteiger charge is -2.17. The van der Waals surface area contributed by atoms with Crippen LogP contribution in [0.1, 0.15) is 36.5 Å². The van der Waals surface area contributed by atoms with Gasteiger partial charge in [-0.05, 0) is 30.4 Å². The van der Waals surface area contributed by atoms with Crippen LogP contribution >= 0.6 is 11.6 Å². The summed E-state index contributed by atoms with van der Waals surface area (Å²) in [5.41, 5.74) is 1.34. The third-order valence-corrected chi connectivity index (χ3v) is 3.76. The molecular formula is C14H16ClNO2. The van der Waals surface area contributed by atoms with E-state index in [-0.39, 0.29) is 5.41 Å². The van der Waals surface area contributed by atoms with Crippen LogP contribution in [0.15, 0.2) is 24.3 Å². The molecule has 3 nitrogen and oxygen atoms in total. The van der Waals surface area contributed by atoms with Gasteiger partial charge in [-0.15, -0.1) is 11.6 Å². The second-order valence-corrected chi connectivity index (χ2v) is 5.18. The fraction of sp³-hybridized carbons (Fsp3) is 0.500. The van der Waals surface area contributed by atoms with E-state index in [1.54, 1.807) is 12.1 Å². The van der Waals surface area contributed by atoms with E-state index < -0.39 is 12.2 Å². The third kappa shape index (κ3) is 2.51. The molecule has 0 aromatic heterocycles. The van der Waals surface area contributed by atoms with Gasteiger partial charge in [-0.1, -0.05) is 24.3 Å². The number of alkyl halides is 1. The molecule has 96 valence electrons. The van der Waals surface area contributed by atoms with Crippen molar-refractivity contribution < 1.29 is 10.2 Å². The topological polar surface area (TPSA) is 64.2 Å². The maximum atomic E-state index is 9.91. The zero-order valence-corrected chi connectivity index (χ0v) is 10.8. The molecule has 1 aromatic rings. The van der Waals surface area contributed by atoms with Gasteiger partial charge < -0.3 is 10.2 Å². The molecule has 2 rings (SSSR count). The molecule has 1 fully saturated rings. The number of hydrogen-bond donors (Lipinski definition) is 2. The van der Waals surface area contributed by atoms with Gasteiger partial charge in [0.15, 0.2) is 0 Å². The summed E-state index contributed by atoms with van der Waals surface area (Å²) in [5, 5.41) is 28.7. The molecule has 1 aromatic carbocycles. The Morgan fingerprint density at radius 3 is 2.33 bits per heavy atom. The minimum absolute atomic E-state index is 0.307. The molecule has 0 amide bonds. The fourth-order valence-electron chi connectivity index (χ4n) is 2.08. The largest absolute Gasteiger partial charge is 0.390 e. The standard InChI is InChI=1S/C14H16ClNO2/c15-8-5-12(17)13(18)10-1-3-11(4-2-10)14(9-16)6-7-14/h1-4,12-13,17-18H,5-8H2. The highest BCUT2D eigenvalue weighted by Gasteiger charge is 2.44. The summed E-state index contributed by atoms with van der Waals surface area (Å²) < 4.78 is 0. The summed E-state index contributed by atoms with van der Waals surface area (Å²) in [6.45, 7) is 0. The second kappa shape index (κ2) is 5.27. The van der Waals surface area contributed by atoms with Gasteiger partial charge in [-0.2, -0.15) is 5.26 Å². The van der Waals surface area contributed by atoms with Gasteiger partial charge >= 0.3 is 0 Å². The van der Waals surface area contributed by atoms with Crippen LogP contribution in [0.3, 0.4) is 0 Å². The van der Waals surface area contributed by atoms with Crippen LogP contribution in [0.4, 0.5) is 0 Å². The number of aliphatic hydroxyl groups is 2. The van der Waals surface area contributed by atoms with Crippen molar-refractivity contribution >= 4 is 11.6 Å². The number of rotatable bonds is 5. The van der Waals surface area contributed by atoms with E-state index in [9.17, 15) is 10.2 Å². The Morgan fingerprint density at radius 2 is 1.89 bits per heavy atom. The maximum absolute atomic E-state index is 9.91. The maximum Gasteiger partial charge on any atom is 0.105 e. The molecule has 0 bridgehead atoms. The first-order valence-corrected chi connectivity index (χ1v) is 6.60. The molecule has 0 saturated heterocycles. The molecular weight excluding hydrogens is 250 g/mol. The van der Waals surface area contributed by atoms with Crippen molar-refractivity contribution in [2.45, 2.75) is 36.9 Å². The van der Waals surface area contributed by atoms with Gasteiger partial charge in [-0.25, -0.2) is 0 Å². The minimum atomic E-state index is -0.921. The quantitative estimate of drug-likeness (QED) is 0.803. The van der Waals surface area contributed by atoms with Crippen LogP contribution in [0.2, 0.25) is 0 Å². The van der Waals surface area contributed by atoms with Gasteiger partial charge in [0.25, 0.3) is 0 Å². The van der Waals surface area contributed by atoms with E-state index in [4.69, 9.17) is 16.9 Å². The van der Waals surface area contributed by atoms with Gasteiger partial charge in [-0.3, -0.25) is 0 Å². The van der Waals surface area contributed by atoms with Crippen LogP contribution in [0.25, 0.3) is 0 Å². The molecule has 18 heavy (non-hydrogen) atoms. The number of aliphatic hydroxyl groups excluding tert-OH is 2. The first kappa shape index (κ1) is 13.4. The number of halogens is 1. The van der Waals surface area contributed by atoms with E-state index in [0.29, 0.717) is 17.9 Å². The predicted octanol–water partition coefficient (Wildman–Crippen LogP) is 2.26. The van der Waals surface area contributed by atoms with Gasteiger partial charge in [0.05, 0.1) is 17.6 Å². The number of benzene rings is 1. The number of nitriles is 1. The second-order valence-electron chi connectivity index (χ2n) is 4.81. The molecule has 2 atom stereocenters. The molecule has 1 aliphatic carbocycles. The summed E-state index contributed by atoms with van der Waals surface area (Å²) in [4.78, 5) is 0. The number of nitrogens with zero attached hydrogens (tertiary/aromatic N) is 1. The normalized spacial score (nSPS) is 19.9. The Bertz CT molecular complexity index is 448. The van der Waals surface area contributed by atoms with Crippen LogP contribution < -0.4 is 0 Å². The Morgan fingerprint density at radius 1 is 1.28 bits per heavy atom. The Hall–Kier alpha value is -1.08. The van der Waals surface area contributed by atoms with E-state index in [0.717, 1.165) is 18.4 Å². The monoisotopic (exact) mass is 265 g/mol. The summed E-state index contributed by atoms with van der Waals surface area (Å²) >= 11 is 5.53. The zero-order chi connectivity index (χ0) is 13.2. The van der Waals surface area contributed by atoms with Crippen molar-refractivity contribution in [3.05, 3.63) is 35.4 Å². The predicted molar refractivity (Wildman–Crippen MR) is 69.3 cm³/mol. The molecule has 0 spiro atoms. The smallest absolute Gasteiger partial charge is 0.105 e. The van der Waals surface area contributed by atoms with Crippen molar-refractivity contribution in [3.63, 3.8) is 0 Å². The van der Waals surface area contributed by atoms with Crippen molar-refractivity contribution in [1.82, 2.24) is 0 Å². The average molecular weight is 266 g/mol. The first-order valence-electron chi connectivity index (χ1n) is 6.07. The van der Waals surface area contributed by atoms with Crippen molar-refractivity contribution in [2.24, 2.45) is 0 Å². The molecule has 4 heteroatoms. The van der Waals surface area contributed by atoms with Gasteiger partial charge in [0.2, 0.25) is 0 Å². The van der Waals surface area contributed by atoms with E-state index in [1.165, 1.54) is 0 Å². The summed E-state index contributed by atoms with van der Waals surface area (Å²) in [6, 6.07) is 9.60. The zero-order valence-electron chi connectivity index (χ0n) is 10.0. The Labute approximate surface area is 112 Å². The SMILES string of the molecule is N#CC1(c2ccc(C(O)C(O)CCCl)cc2)CC1. The highest BCUT2D eigenvalue weighted by Crippen LogP contribution is 2.47. The lowest BCUT2D eigenvalue weighted by atomic mass is 9.94. The van der Waals surface area contributed by atoms with Crippen molar-refractivity contribution in [1.29, 1.82) is 5.26 Å². The Balaban J connectivity index is 2.11. The van der Waals surface area contributed by atoms with Gasteiger partial charge in [0, 0.05) is 5.88 Å².